The van der Waals surface area contributed by atoms with Crippen LogP contribution in [0.5, 0.6) is 0 Å². The predicted octanol–water partition coefficient (Wildman–Crippen LogP) is 2.60. The molecule has 0 spiro atoms. The number of carbonyl (C=O) groups excluding carboxylic acids is 1. The van der Waals surface area contributed by atoms with Gasteiger partial charge in [-0.1, -0.05) is 6.42 Å². The van der Waals surface area contributed by atoms with Crippen molar-refractivity contribution >= 4 is 15.9 Å². The largest absolute Gasteiger partial charge is 0.383 e. The number of halogens is 2. The number of nitrogens with zero attached hydrogens (tertiary/aromatic N) is 2. The fraction of sp³-hybridized carbons (Fsp3) is 0.611. The first-order chi connectivity index (χ1) is 12.8. The first kappa shape index (κ1) is 21.7. The Morgan fingerprint density at radius 2 is 1.96 bits per heavy atom. The van der Waals surface area contributed by atoms with Gasteiger partial charge in [0.05, 0.1) is 18.0 Å². The van der Waals surface area contributed by atoms with E-state index in [0.717, 1.165) is 24.2 Å². The molecule has 1 aliphatic heterocycles. The Morgan fingerprint density at radius 1 is 1.30 bits per heavy atom. The highest BCUT2D eigenvalue weighted by Gasteiger charge is 2.31. The van der Waals surface area contributed by atoms with Crippen LogP contribution < -0.4 is 0 Å². The van der Waals surface area contributed by atoms with Gasteiger partial charge in [0.15, 0.2) is 0 Å². The number of benzene rings is 1. The van der Waals surface area contributed by atoms with Crippen LogP contribution in [0.2, 0.25) is 0 Å². The maximum Gasteiger partial charge on any atom is 0.255 e. The molecule has 27 heavy (non-hydrogen) atoms. The van der Waals surface area contributed by atoms with E-state index in [1.807, 2.05) is 6.92 Å². The van der Waals surface area contributed by atoms with Gasteiger partial charge in [0.25, 0.3) is 12.3 Å². The van der Waals surface area contributed by atoms with Gasteiger partial charge in [0.2, 0.25) is 10.0 Å². The highest BCUT2D eigenvalue weighted by atomic mass is 32.2. The lowest BCUT2D eigenvalue weighted by molar-refractivity contribution is 0.0478. The van der Waals surface area contributed by atoms with Crippen molar-refractivity contribution in [2.24, 2.45) is 0 Å². The minimum atomic E-state index is -3.64. The summed E-state index contributed by atoms with van der Waals surface area (Å²) in [6, 6.07) is 5.40. The number of sulfonamides is 1. The fourth-order valence-corrected chi connectivity index (χ4v) is 4.86. The maximum atomic E-state index is 12.8. The Kier molecular flexibility index (Phi) is 7.69. The molecule has 0 bridgehead atoms. The molecule has 152 valence electrons. The third kappa shape index (κ3) is 5.46. The van der Waals surface area contributed by atoms with E-state index in [2.05, 4.69) is 0 Å². The van der Waals surface area contributed by atoms with E-state index in [4.69, 9.17) is 4.74 Å². The Bertz CT molecular complexity index is 725. The number of methoxy groups -OCH3 is 1. The number of hydrogen-bond acceptors (Lipinski definition) is 4. The van der Waals surface area contributed by atoms with Gasteiger partial charge < -0.3 is 9.64 Å². The highest BCUT2D eigenvalue weighted by molar-refractivity contribution is 7.89. The number of piperidine rings is 1. The lowest BCUT2D eigenvalue weighted by atomic mass is 10.1. The van der Waals surface area contributed by atoms with E-state index < -0.39 is 28.9 Å². The van der Waals surface area contributed by atoms with Crippen LogP contribution in [-0.2, 0) is 14.8 Å². The number of ether oxygens (including phenoxy) is 1. The van der Waals surface area contributed by atoms with Gasteiger partial charge in [-0.05, 0) is 44.0 Å². The van der Waals surface area contributed by atoms with Gasteiger partial charge in [0.1, 0.15) is 0 Å². The van der Waals surface area contributed by atoms with Crippen LogP contribution in [0.4, 0.5) is 8.78 Å². The monoisotopic (exact) mass is 404 g/mol. The van der Waals surface area contributed by atoms with Crippen molar-refractivity contribution in [1.82, 2.24) is 9.21 Å². The van der Waals surface area contributed by atoms with Crippen molar-refractivity contribution < 1.29 is 26.7 Å². The summed E-state index contributed by atoms with van der Waals surface area (Å²) in [5.74, 6) is -0.581. The average molecular weight is 404 g/mol. The molecule has 1 atom stereocenters. The second-order valence-electron chi connectivity index (χ2n) is 6.62. The fourth-order valence-electron chi connectivity index (χ4n) is 3.16. The number of alkyl halides is 2. The first-order valence-corrected chi connectivity index (χ1v) is 10.4. The standard InChI is InChI=1S/C18H26F2N2O4S/c1-14-5-3-4-10-22(14)27(24,25)16-8-6-15(7-9-16)18(23)21(11-12-26-2)13-17(19)20/h6-9,14,17H,3-5,10-13H2,1-2H3. The summed E-state index contributed by atoms with van der Waals surface area (Å²) >= 11 is 0. The Balaban J connectivity index is 2.18. The van der Waals surface area contributed by atoms with Crippen molar-refractivity contribution in [3.63, 3.8) is 0 Å². The average Bonchev–Trinajstić information content (AvgIpc) is 2.64. The van der Waals surface area contributed by atoms with Gasteiger partial charge in [0, 0.05) is 31.8 Å². The molecule has 0 aromatic heterocycles. The molecule has 1 heterocycles. The quantitative estimate of drug-likeness (QED) is 0.668. The minimum absolute atomic E-state index is 0.0328. The summed E-state index contributed by atoms with van der Waals surface area (Å²) in [5.41, 5.74) is 0.164. The molecule has 1 aromatic rings. The Morgan fingerprint density at radius 3 is 2.52 bits per heavy atom. The van der Waals surface area contributed by atoms with Gasteiger partial charge in [-0.3, -0.25) is 4.79 Å². The van der Waals surface area contributed by atoms with Crippen LogP contribution in [0.25, 0.3) is 0 Å². The van der Waals surface area contributed by atoms with Gasteiger partial charge in [-0.2, -0.15) is 4.31 Å². The van der Waals surface area contributed by atoms with E-state index >= 15 is 0 Å². The van der Waals surface area contributed by atoms with Crippen molar-refractivity contribution in [2.45, 2.75) is 43.5 Å². The zero-order chi connectivity index (χ0) is 20.0. The normalized spacial score (nSPS) is 18.6. The first-order valence-electron chi connectivity index (χ1n) is 8.95. The van der Waals surface area contributed by atoms with Gasteiger partial charge >= 0.3 is 0 Å². The van der Waals surface area contributed by atoms with Crippen LogP contribution in [0.15, 0.2) is 29.2 Å². The van der Waals surface area contributed by atoms with E-state index in [1.165, 1.54) is 35.7 Å². The lowest BCUT2D eigenvalue weighted by Crippen LogP contribution is -2.42. The second kappa shape index (κ2) is 9.57. The molecule has 6 nitrogen and oxygen atoms in total. The van der Waals surface area contributed by atoms with E-state index in [1.54, 1.807) is 0 Å². The number of rotatable bonds is 8. The molecular formula is C18H26F2N2O4S. The van der Waals surface area contributed by atoms with Crippen molar-refractivity contribution in [2.75, 3.05) is 33.4 Å². The molecule has 1 fully saturated rings. The minimum Gasteiger partial charge on any atom is -0.383 e. The molecule has 9 heteroatoms. The maximum absolute atomic E-state index is 12.8. The van der Waals surface area contributed by atoms with Crippen LogP contribution >= 0.6 is 0 Å². The van der Waals surface area contributed by atoms with Crippen LogP contribution in [0, 0.1) is 0 Å². The van der Waals surface area contributed by atoms with E-state index in [-0.39, 0.29) is 29.7 Å². The Labute approximate surface area is 159 Å². The zero-order valence-electron chi connectivity index (χ0n) is 15.6. The van der Waals surface area contributed by atoms with Gasteiger partial charge in [-0.25, -0.2) is 17.2 Å². The summed E-state index contributed by atoms with van der Waals surface area (Å²) in [6.07, 6.45) is -0.0200. The molecule has 0 aliphatic carbocycles. The third-order valence-corrected chi connectivity index (χ3v) is 6.69. The molecule has 2 rings (SSSR count). The molecule has 0 N–H and O–H groups in total. The Hall–Kier alpha value is -1.58. The molecule has 1 saturated heterocycles. The topological polar surface area (TPSA) is 66.9 Å². The summed E-state index contributed by atoms with van der Waals surface area (Å²) in [4.78, 5) is 13.6. The number of amides is 1. The zero-order valence-corrected chi connectivity index (χ0v) is 16.4. The molecule has 1 aliphatic rings. The number of carbonyl (C=O) groups is 1. The van der Waals surface area contributed by atoms with Crippen LogP contribution in [0.3, 0.4) is 0 Å². The summed E-state index contributed by atoms with van der Waals surface area (Å²) in [7, 11) is -2.22. The SMILES string of the molecule is COCCN(CC(F)F)C(=O)c1ccc(S(=O)(=O)N2CCCCC2C)cc1. The van der Waals surface area contributed by atoms with E-state index in [0.29, 0.717) is 6.54 Å². The molecular weight excluding hydrogens is 378 g/mol. The summed E-state index contributed by atoms with van der Waals surface area (Å²) in [5, 5.41) is 0. The molecule has 1 unspecified atom stereocenters. The molecule has 0 radical (unpaired) electrons. The summed E-state index contributed by atoms with van der Waals surface area (Å²) < 4.78 is 57.4. The van der Waals surface area contributed by atoms with E-state index in [9.17, 15) is 22.0 Å². The summed E-state index contributed by atoms with van der Waals surface area (Å²) in [6.45, 7) is 1.83. The molecule has 1 aromatic carbocycles. The molecule has 1 amide bonds. The lowest BCUT2D eigenvalue weighted by Gasteiger charge is -2.32. The highest BCUT2D eigenvalue weighted by Crippen LogP contribution is 2.25. The van der Waals surface area contributed by atoms with Gasteiger partial charge in [-0.15, -0.1) is 0 Å². The number of hydrogen-bond donors (Lipinski definition) is 0. The smallest absolute Gasteiger partial charge is 0.255 e. The van der Waals surface area contributed by atoms with Crippen LogP contribution in [0.1, 0.15) is 36.5 Å². The second-order valence-corrected chi connectivity index (χ2v) is 8.51. The van der Waals surface area contributed by atoms with Crippen molar-refractivity contribution in [3.8, 4) is 0 Å². The molecule has 0 saturated carbocycles. The van der Waals surface area contributed by atoms with Crippen molar-refractivity contribution in [3.05, 3.63) is 29.8 Å². The van der Waals surface area contributed by atoms with Crippen molar-refractivity contribution in [1.29, 1.82) is 0 Å². The van der Waals surface area contributed by atoms with Crippen LogP contribution in [-0.4, -0.2) is 69.3 Å². The predicted molar refractivity (Wildman–Crippen MR) is 97.4 cm³/mol. The third-order valence-electron chi connectivity index (χ3n) is 4.66.